The number of benzene rings is 1. The van der Waals surface area contributed by atoms with Gasteiger partial charge >= 0.3 is 5.97 Å². The topological polar surface area (TPSA) is 26.3 Å². The third-order valence-corrected chi connectivity index (χ3v) is 4.68. The molecule has 0 radical (unpaired) electrons. The summed E-state index contributed by atoms with van der Waals surface area (Å²) < 4.78 is 5.47. The summed E-state index contributed by atoms with van der Waals surface area (Å²) >= 11 is 0. The molecule has 1 aromatic carbocycles. The summed E-state index contributed by atoms with van der Waals surface area (Å²) in [6.45, 7) is 6.10. The highest BCUT2D eigenvalue weighted by atomic mass is 16.5. The Balaban J connectivity index is 2.26. The highest BCUT2D eigenvalue weighted by molar-refractivity contribution is 5.78. The molecule has 1 atom stereocenters. The van der Waals surface area contributed by atoms with Crippen molar-refractivity contribution in [2.75, 3.05) is 0 Å². The number of carbonyl (C=O) groups excluding carboxylic acids is 1. The number of esters is 1. The Morgan fingerprint density at radius 3 is 1.88 bits per heavy atom. The van der Waals surface area contributed by atoms with Crippen molar-refractivity contribution < 1.29 is 9.53 Å². The van der Waals surface area contributed by atoms with Crippen LogP contribution in [0.4, 0.5) is 0 Å². The molecule has 0 spiro atoms. The second kappa shape index (κ2) is 13.9. The first kappa shape index (κ1) is 21.7. The molecule has 142 valence electrons. The quantitative estimate of drug-likeness (QED) is 0.267. The molecule has 2 heteroatoms. The van der Waals surface area contributed by atoms with Crippen molar-refractivity contribution in [2.24, 2.45) is 0 Å². The normalized spacial score (nSPS) is 12.3. The summed E-state index contributed by atoms with van der Waals surface area (Å²) in [7, 11) is 0. The number of carbonyl (C=O) groups is 1. The van der Waals surface area contributed by atoms with E-state index in [4.69, 9.17) is 4.74 Å². The van der Waals surface area contributed by atoms with Gasteiger partial charge in [-0.1, -0.05) is 101 Å². The van der Waals surface area contributed by atoms with E-state index in [2.05, 4.69) is 6.92 Å². The molecule has 0 fully saturated rings. The third-order valence-electron chi connectivity index (χ3n) is 4.68. The molecular weight excluding hydrogens is 308 g/mol. The van der Waals surface area contributed by atoms with E-state index in [1.165, 1.54) is 57.8 Å². The van der Waals surface area contributed by atoms with Crippen molar-refractivity contribution in [3.63, 3.8) is 0 Å². The highest BCUT2D eigenvalue weighted by Gasteiger charge is 2.22. The average Bonchev–Trinajstić information content (AvgIpc) is 2.60. The van der Waals surface area contributed by atoms with Crippen molar-refractivity contribution in [3.8, 4) is 0 Å². The lowest BCUT2D eigenvalue weighted by molar-refractivity contribution is -0.149. The molecule has 0 N–H and O–H groups in total. The Morgan fingerprint density at radius 1 is 0.840 bits per heavy atom. The van der Waals surface area contributed by atoms with Crippen LogP contribution in [0, 0.1) is 0 Å². The minimum absolute atomic E-state index is 0.0496. The summed E-state index contributed by atoms with van der Waals surface area (Å²) in [5.74, 6) is -0.185. The van der Waals surface area contributed by atoms with Gasteiger partial charge in [-0.15, -0.1) is 0 Å². The van der Waals surface area contributed by atoms with Crippen LogP contribution in [-0.2, 0) is 9.53 Å². The lowest BCUT2D eigenvalue weighted by Gasteiger charge is -2.18. The lowest BCUT2D eigenvalue weighted by atomic mass is 9.93. The third kappa shape index (κ3) is 10.3. The van der Waals surface area contributed by atoms with Crippen molar-refractivity contribution in [3.05, 3.63) is 35.9 Å². The zero-order valence-corrected chi connectivity index (χ0v) is 16.6. The maximum absolute atomic E-state index is 12.4. The molecular formula is C23H38O2. The van der Waals surface area contributed by atoms with E-state index in [1.807, 2.05) is 44.2 Å². The minimum atomic E-state index is -0.113. The van der Waals surface area contributed by atoms with E-state index in [1.54, 1.807) is 0 Å². The zero-order valence-electron chi connectivity index (χ0n) is 16.6. The second-order valence-corrected chi connectivity index (χ2v) is 7.42. The van der Waals surface area contributed by atoms with E-state index >= 15 is 0 Å². The van der Waals surface area contributed by atoms with Crippen LogP contribution in [0.25, 0.3) is 0 Å². The fourth-order valence-electron chi connectivity index (χ4n) is 3.26. The van der Waals surface area contributed by atoms with Gasteiger partial charge in [-0.2, -0.15) is 0 Å². The van der Waals surface area contributed by atoms with E-state index in [-0.39, 0.29) is 18.0 Å². The molecule has 2 nitrogen and oxygen atoms in total. The summed E-state index contributed by atoms with van der Waals surface area (Å²) in [4.78, 5) is 12.4. The largest absolute Gasteiger partial charge is 0.463 e. The van der Waals surface area contributed by atoms with Gasteiger partial charge in [0.15, 0.2) is 0 Å². The summed E-state index contributed by atoms with van der Waals surface area (Å²) in [5.41, 5.74) is 1.09. The van der Waals surface area contributed by atoms with Crippen LogP contribution in [0.1, 0.15) is 103 Å². The fraction of sp³-hybridized carbons (Fsp3) is 0.696. The first-order valence-corrected chi connectivity index (χ1v) is 10.4. The Bertz CT molecular complexity index is 439. The van der Waals surface area contributed by atoms with Gasteiger partial charge in [0.1, 0.15) is 0 Å². The maximum atomic E-state index is 12.4. The van der Waals surface area contributed by atoms with Crippen LogP contribution in [-0.4, -0.2) is 12.1 Å². The van der Waals surface area contributed by atoms with Crippen LogP contribution in [0.3, 0.4) is 0 Å². The number of rotatable bonds is 14. The SMILES string of the molecule is CCCCCCCCCCCCC(C(=O)OC(C)C)c1ccccc1. The Labute approximate surface area is 155 Å². The van der Waals surface area contributed by atoms with Gasteiger partial charge in [0.25, 0.3) is 0 Å². The van der Waals surface area contributed by atoms with E-state index in [0.717, 1.165) is 18.4 Å². The molecule has 1 rings (SSSR count). The molecule has 0 saturated carbocycles. The molecule has 0 saturated heterocycles. The van der Waals surface area contributed by atoms with Crippen molar-refractivity contribution >= 4 is 5.97 Å². The Kier molecular flexibility index (Phi) is 12.1. The van der Waals surface area contributed by atoms with Gasteiger partial charge in [-0.3, -0.25) is 4.79 Å². The first-order chi connectivity index (χ1) is 12.1. The second-order valence-electron chi connectivity index (χ2n) is 7.42. The van der Waals surface area contributed by atoms with E-state index < -0.39 is 0 Å². The molecule has 0 bridgehead atoms. The number of ether oxygens (including phenoxy) is 1. The summed E-state index contributed by atoms with van der Waals surface area (Å²) in [5, 5.41) is 0. The standard InChI is InChI=1S/C23H38O2/c1-4-5-6-7-8-9-10-11-12-16-19-22(23(24)25-20(2)3)21-17-14-13-15-18-21/h13-15,17-18,20,22H,4-12,16,19H2,1-3H3. The smallest absolute Gasteiger partial charge is 0.313 e. The van der Waals surface area contributed by atoms with Crippen LogP contribution in [0.5, 0.6) is 0 Å². The van der Waals surface area contributed by atoms with Crippen LogP contribution in [0.15, 0.2) is 30.3 Å². The predicted molar refractivity (Wildman–Crippen MR) is 107 cm³/mol. The molecule has 0 aromatic heterocycles. The molecule has 0 amide bonds. The summed E-state index contributed by atoms with van der Waals surface area (Å²) in [6.07, 6.45) is 14.0. The van der Waals surface area contributed by atoms with Gasteiger partial charge in [-0.25, -0.2) is 0 Å². The number of hydrogen-bond donors (Lipinski definition) is 0. The van der Waals surface area contributed by atoms with Crippen LogP contribution < -0.4 is 0 Å². The molecule has 25 heavy (non-hydrogen) atoms. The summed E-state index contributed by atoms with van der Waals surface area (Å²) in [6, 6.07) is 10.1. The first-order valence-electron chi connectivity index (χ1n) is 10.4. The molecule has 0 heterocycles. The van der Waals surface area contributed by atoms with Gasteiger partial charge in [0, 0.05) is 0 Å². The maximum Gasteiger partial charge on any atom is 0.313 e. The average molecular weight is 347 g/mol. The van der Waals surface area contributed by atoms with Gasteiger partial charge < -0.3 is 4.74 Å². The predicted octanol–water partition coefficient (Wildman–Crippen LogP) is 7.03. The molecule has 0 aliphatic heterocycles. The molecule has 1 unspecified atom stereocenters. The van der Waals surface area contributed by atoms with Crippen LogP contribution in [0.2, 0.25) is 0 Å². The highest BCUT2D eigenvalue weighted by Crippen LogP contribution is 2.25. The number of unbranched alkanes of at least 4 members (excludes halogenated alkanes) is 9. The molecule has 1 aromatic rings. The number of hydrogen-bond acceptors (Lipinski definition) is 2. The molecule has 0 aliphatic rings. The van der Waals surface area contributed by atoms with Crippen molar-refractivity contribution in [1.29, 1.82) is 0 Å². The monoisotopic (exact) mass is 346 g/mol. The van der Waals surface area contributed by atoms with Crippen molar-refractivity contribution in [1.82, 2.24) is 0 Å². The van der Waals surface area contributed by atoms with Gasteiger partial charge in [0.2, 0.25) is 0 Å². The van der Waals surface area contributed by atoms with Gasteiger partial charge in [-0.05, 0) is 25.8 Å². The zero-order chi connectivity index (χ0) is 18.3. The van der Waals surface area contributed by atoms with Gasteiger partial charge in [0.05, 0.1) is 12.0 Å². The van der Waals surface area contributed by atoms with Crippen LogP contribution >= 0.6 is 0 Å². The Hall–Kier alpha value is -1.31. The molecule has 0 aliphatic carbocycles. The van der Waals surface area contributed by atoms with Crippen molar-refractivity contribution in [2.45, 2.75) is 103 Å². The van der Waals surface area contributed by atoms with E-state index in [0.29, 0.717) is 0 Å². The Morgan fingerprint density at radius 2 is 1.36 bits per heavy atom. The fourth-order valence-corrected chi connectivity index (χ4v) is 3.26. The lowest BCUT2D eigenvalue weighted by Crippen LogP contribution is -2.19. The van der Waals surface area contributed by atoms with E-state index in [9.17, 15) is 4.79 Å². The minimum Gasteiger partial charge on any atom is -0.463 e.